The highest BCUT2D eigenvalue weighted by Gasteiger charge is 2.32. The van der Waals surface area contributed by atoms with Gasteiger partial charge in [0.2, 0.25) is 5.91 Å². The number of nitro benzene ring substituents is 1. The monoisotopic (exact) mass is 389 g/mol. The summed E-state index contributed by atoms with van der Waals surface area (Å²) in [6.07, 6.45) is 0. The van der Waals surface area contributed by atoms with Crippen molar-refractivity contribution in [1.82, 2.24) is 0 Å². The Labute approximate surface area is 159 Å². The summed E-state index contributed by atoms with van der Waals surface area (Å²) in [7, 11) is 0. The Hall–Kier alpha value is -3.13. The molecule has 2 N–H and O–H groups in total. The summed E-state index contributed by atoms with van der Waals surface area (Å²) < 4.78 is 5.69. The molecule has 0 spiro atoms. The quantitative estimate of drug-likeness (QED) is 0.611. The van der Waals surface area contributed by atoms with Gasteiger partial charge < -0.3 is 15.4 Å². The molecule has 0 saturated carbocycles. The predicted molar refractivity (Wildman–Crippen MR) is 100 cm³/mol. The molecular weight excluding hydrogens is 374 g/mol. The lowest BCUT2D eigenvalue weighted by Gasteiger charge is -2.18. The lowest BCUT2D eigenvalue weighted by molar-refractivity contribution is -0.384. The summed E-state index contributed by atoms with van der Waals surface area (Å²) in [6.45, 7) is 3.71. The third kappa shape index (κ3) is 3.85. The minimum Gasteiger partial charge on any atom is -0.490 e. The number of rotatable bonds is 3. The molecule has 27 heavy (non-hydrogen) atoms. The van der Waals surface area contributed by atoms with Crippen molar-refractivity contribution in [2.24, 2.45) is 5.41 Å². The van der Waals surface area contributed by atoms with E-state index in [0.29, 0.717) is 17.1 Å². The van der Waals surface area contributed by atoms with Crippen LogP contribution in [-0.4, -0.2) is 23.3 Å². The van der Waals surface area contributed by atoms with Gasteiger partial charge in [-0.15, -0.1) is 0 Å². The third-order valence-corrected chi connectivity index (χ3v) is 4.43. The van der Waals surface area contributed by atoms with Crippen molar-refractivity contribution in [2.45, 2.75) is 13.8 Å². The van der Waals surface area contributed by atoms with Crippen molar-refractivity contribution < 1.29 is 19.2 Å². The number of halogens is 1. The highest BCUT2D eigenvalue weighted by Crippen LogP contribution is 2.34. The molecule has 0 aliphatic carbocycles. The summed E-state index contributed by atoms with van der Waals surface area (Å²) in [5.41, 5.74) is -0.0537. The number of ether oxygens (including phenoxy) is 1. The molecule has 0 fully saturated rings. The van der Waals surface area contributed by atoms with Gasteiger partial charge in [0.1, 0.15) is 12.4 Å². The van der Waals surface area contributed by atoms with Crippen molar-refractivity contribution in [3.63, 3.8) is 0 Å². The van der Waals surface area contributed by atoms with Gasteiger partial charge in [-0.25, -0.2) is 0 Å². The van der Waals surface area contributed by atoms with Crippen LogP contribution in [0.5, 0.6) is 5.75 Å². The van der Waals surface area contributed by atoms with Crippen LogP contribution in [0, 0.1) is 15.5 Å². The van der Waals surface area contributed by atoms with Crippen LogP contribution in [0.15, 0.2) is 36.4 Å². The van der Waals surface area contributed by atoms with Gasteiger partial charge in [0.05, 0.1) is 26.6 Å². The summed E-state index contributed by atoms with van der Waals surface area (Å²) in [6, 6.07) is 8.40. The normalized spacial score (nSPS) is 15.0. The number of nitro groups is 1. The lowest BCUT2D eigenvalue weighted by atomic mass is 9.94. The van der Waals surface area contributed by atoms with Crippen molar-refractivity contribution in [3.05, 3.63) is 57.1 Å². The maximum absolute atomic E-state index is 12.5. The van der Waals surface area contributed by atoms with Gasteiger partial charge in [-0.2, -0.15) is 0 Å². The van der Waals surface area contributed by atoms with E-state index >= 15 is 0 Å². The van der Waals surface area contributed by atoms with Gasteiger partial charge >= 0.3 is 0 Å². The number of non-ortho nitro benzene ring substituents is 1. The molecule has 1 aliphatic rings. The molecule has 2 aromatic carbocycles. The average molecular weight is 390 g/mol. The van der Waals surface area contributed by atoms with E-state index in [4.69, 9.17) is 16.3 Å². The number of nitrogens with zero attached hydrogens (tertiary/aromatic N) is 1. The molecule has 1 aliphatic heterocycles. The van der Waals surface area contributed by atoms with Gasteiger partial charge in [-0.05, 0) is 32.0 Å². The maximum atomic E-state index is 12.5. The Morgan fingerprint density at radius 3 is 2.74 bits per heavy atom. The molecule has 140 valence electrons. The van der Waals surface area contributed by atoms with Crippen LogP contribution in [0.25, 0.3) is 0 Å². The topological polar surface area (TPSA) is 111 Å². The van der Waals surface area contributed by atoms with Crippen LogP contribution >= 0.6 is 11.6 Å². The molecule has 9 heteroatoms. The van der Waals surface area contributed by atoms with Crippen molar-refractivity contribution in [1.29, 1.82) is 0 Å². The van der Waals surface area contributed by atoms with E-state index in [2.05, 4.69) is 10.6 Å². The second-order valence-corrected chi connectivity index (χ2v) is 7.12. The highest BCUT2D eigenvalue weighted by atomic mass is 35.5. The average Bonchev–Trinajstić information content (AvgIpc) is 2.71. The second-order valence-electron chi connectivity index (χ2n) is 6.71. The van der Waals surface area contributed by atoms with Gasteiger partial charge in [0, 0.05) is 23.9 Å². The molecule has 0 unspecified atom stereocenters. The Morgan fingerprint density at radius 2 is 2.04 bits per heavy atom. The Kier molecular flexibility index (Phi) is 4.75. The number of carbonyl (C=O) groups excluding carboxylic acids is 2. The van der Waals surface area contributed by atoms with Crippen molar-refractivity contribution >= 4 is 40.5 Å². The Bertz CT molecular complexity index is 958. The maximum Gasteiger partial charge on any atom is 0.270 e. The number of hydrogen-bond donors (Lipinski definition) is 2. The van der Waals surface area contributed by atoms with Gasteiger partial charge in [0.15, 0.2) is 0 Å². The minimum atomic E-state index is -0.696. The van der Waals surface area contributed by atoms with E-state index in [1.807, 2.05) is 0 Å². The van der Waals surface area contributed by atoms with E-state index in [-0.39, 0.29) is 28.8 Å². The van der Waals surface area contributed by atoms with Crippen molar-refractivity contribution in [3.8, 4) is 5.75 Å². The number of carbonyl (C=O) groups is 2. The Balaban J connectivity index is 1.85. The molecular formula is C18H16ClN3O5. The summed E-state index contributed by atoms with van der Waals surface area (Å²) in [5, 5.41) is 16.4. The summed E-state index contributed by atoms with van der Waals surface area (Å²) in [4.78, 5) is 34.9. The zero-order valence-electron chi connectivity index (χ0n) is 14.5. The van der Waals surface area contributed by atoms with E-state index in [1.54, 1.807) is 32.0 Å². The number of fused-ring (bicyclic) bond motifs is 1. The standard InChI is InChI=1S/C18H16ClN3O5/c1-18(2)9-27-15-7-10(3-6-14(15)21-17(18)24)20-16(23)12-8-11(22(25)26)4-5-13(12)19/h3-8H,9H2,1-2H3,(H,20,23)(H,21,24). The molecule has 0 aromatic heterocycles. The Morgan fingerprint density at radius 1 is 1.30 bits per heavy atom. The van der Waals surface area contributed by atoms with Crippen LogP contribution in [0.4, 0.5) is 17.1 Å². The molecule has 2 amide bonds. The third-order valence-electron chi connectivity index (χ3n) is 4.10. The van der Waals surface area contributed by atoms with Crippen LogP contribution in [0.3, 0.4) is 0 Å². The summed E-state index contributed by atoms with van der Waals surface area (Å²) in [5.74, 6) is -0.347. The first-order valence-electron chi connectivity index (χ1n) is 8.01. The lowest BCUT2D eigenvalue weighted by Crippen LogP contribution is -2.33. The zero-order valence-corrected chi connectivity index (χ0v) is 15.3. The SMILES string of the molecule is CC1(C)COc2cc(NC(=O)c3cc([N+](=O)[O-])ccc3Cl)ccc2NC1=O. The van der Waals surface area contributed by atoms with E-state index < -0.39 is 16.2 Å². The molecule has 0 bridgehead atoms. The second kappa shape index (κ2) is 6.88. The van der Waals surface area contributed by atoms with Gasteiger partial charge in [-0.3, -0.25) is 19.7 Å². The number of hydrogen-bond acceptors (Lipinski definition) is 5. The zero-order chi connectivity index (χ0) is 19.8. The number of amides is 2. The number of nitrogens with one attached hydrogen (secondary N) is 2. The van der Waals surface area contributed by atoms with E-state index in [0.717, 1.165) is 6.07 Å². The van der Waals surface area contributed by atoms with E-state index in [1.165, 1.54) is 12.1 Å². The first-order chi connectivity index (χ1) is 12.7. The fourth-order valence-electron chi connectivity index (χ4n) is 2.44. The van der Waals surface area contributed by atoms with Crippen LogP contribution in [0.2, 0.25) is 5.02 Å². The molecule has 0 radical (unpaired) electrons. The van der Waals surface area contributed by atoms with E-state index in [9.17, 15) is 19.7 Å². The molecule has 8 nitrogen and oxygen atoms in total. The van der Waals surface area contributed by atoms with Gasteiger partial charge in [-0.1, -0.05) is 11.6 Å². The minimum absolute atomic E-state index is 0.0174. The molecule has 0 saturated heterocycles. The first kappa shape index (κ1) is 18.7. The largest absolute Gasteiger partial charge is 0.490 e. The van der Waals surface area contributed by atoms with Crippen LogP contribution in [0.1, 0.15) is 24.2 Å². The van der Waals surface area contributed by atoms with Gasteiger partial charge in [0.25, 0.3) is 11.6 Å². The fraction of sp³-hybridized carbons (Fsp3) is 0.222. The first-order valence-corrected chi connectivity index (χ1v) is 8.39. The predicted octanol–water partition coefficient (Wildman–Crippen LogP) is 3.86. The number of anilines is 2. The van der Waals surface area contributed by atoms with Crippen LogP contribution < -0.4 is 15.4 Å². The molecule has 0 atom stereocenters. The molecule has 2 aromatic rings. The highest BCUT2D eigenvalue weighted by molar-refractivity contribution is 6.34. The molecule has 3 rings (SSSR count). The fourth-order valence-corrected chi connectivity index (χ4v) is 2.64. The van der Waals surface area contributed by atoms with Crippen molar-refractivity contribution in [2.75, 3.05) is 17.2 Å². The number of benzene rings is 2. The van der Waals surface area contributed by atoms with Crippen LogP contribution in [-0.2, 0) is 4.79 Å². The molecule has 1 heterocycles. The summed E-state index contributed by atoms with van der Waals surface area (Å²) >= 11 is 5.99. The smallest absolute Gasteiger partial charge is 0.270 e.